The van der Waals surface area contributed by atoms with Crippen LogP contribution >= 0.6 is 23.1 Å². The van der Waals surface area contributed by atoms with E-state index in [2.05, 4.69) is 4.98 Å². The number of hydrogen-bond acceptors (Lipinski definition) is 4. The minimum atomic E-state index is -0.837. The van der Waals surface area contributed by atoms with E-state index >= 15 is 0 Å². The van der Waals surface area contributed by atoms with Crippen LogP contribution in [0.5, 0.6) is 0 Å². The molecule has 0 aliphatic carbocycles. The summed E-state index contributed by atoms with van der Waals surface area (Å²) in [5.41, 5.74) is 4.05. The number of aromatic nitrogens is 2. The first-order valence-electron chi connectivity index (χ1n) is 6.02. The lowest BCUT2D eigenvalue weighted by atomic mass is 10.2. The summed E-state index contributed by atoms with van der Waals surface area (Å²) in [7, 11) is 0. The van der Waals surface area contributed by atoms with Crippen molar-refractivity contribution in [1.82, 2.24) is 9.55 Å². The number of aliphatic carboxylic acids is 1. The first kappa shape index (κ1) is 13.2. The number of nitrogens with zero attached hydrogens (tertiary/aromatic N) is 2. The van der Waals surface area contributed by atoms with Crippen LogP contribution in [0.2, 0.25) is 0 Å². The van der Waals surface area contributed by atoms with Crippen molar-refractivity contribution in [3.05, 3.63) is 40.6 Å². The van der Waals surface area contributed by atoms with Gasteiger partial charge in [0.1, 0.15) is 0 Å². The summed E-state index contributed by atoms with van der Waals surface area (Å²) in [6.45, 7) is 2.01. The van der Waals surface area contributed by atoms with Gasteiger partial charge in [0.25, 0.3) is 0 Å². The minimum Gasteiger partial charge on any atom is -0.481 e. The van der Waals surface area contributed by atoms with Crippen molar-refractivity contribution < 1.29 is 9.90 Å². The van der Waals surface area contributed by atoms with E-state index in [0.717, 1.165) is 27.4 Å². The van der Waals surface area contributed by atoms with Gasteiger partial charge in [-0.15, -0.1) is 0 Å². The summed E-state index contributed by atoms with van der Waals surface area (Å²) in [6.07, 6.45) is 0. The molecule has 1 N–H and O–H groups in total. The molecule has 2 aromatic heterocycles. The molecule has 0 atom stereocenters. The summed E-state index contributed by atoms with van der Waals surface area (Å²) >= 11 is 2.85. The fraction of sp³-hybridized carbons (Fsp3) is 0.143. The Morgan fingerprint density at radius 1 is 1.45 bits per heavy atom. The molecular weight excluding hydrogens is 292 g/mol. The summed E-state index contributed by atoms with van der Waals surface area (Å²) in [5.74, 6) is -0.831. The number of carbonyl (C=O) groups is 1. The second-order valence-electron chi connectivity index (χ2n) is 4.34. The van der Waals surface area contributed by atoms with Crippen LogP contribution in [-0.4, -0.2) is 26.4 Å². The van der Waals surface area contributed by atoms with Gasteiger partial charge < -0.3 is 5.11 Å². The van der Waals surface area contributed by atoms with Crippen molar-refractivity contribution in [1.29, 1.82) is 0 Å². The van der Waals surface area contributed by atoms with E-state index in [-0.39, 0.29) is 5.75 Å². The zero-order valence-electron chi connectivity index (χ0n) is 10.7. The Balaban J connectivity index is 2.19. The Kier molecular flexibility index (Phi) is 3.50. The zero-order valence-corrected chi connectivity index (χ0v) is 12.4. The quantitative estimate of drug-likeness (QED) is 0.749. The number of thiophene rings is 1. The van der Waals surface area contributed by atoms with E-state index in [9.17, 15) is 4.79 Å². The number of para-hydroxylation sites is 1. The second kappa shape index (κ2) is 5.30. The maximum Gasteiger partial charge on any atom is 0.313 e. The molecule has 102 valence electrons. The highest BCUT2D eigenvalue weighted by molar-refractivity contribution is 7.99. The van der Waals surface area contributed by atoms with Crippen molar-refractivity contribution in [2.75, 3.05) is 5.75 Å². The molecule has 0 bridgehead atoms. The SMILES string of the molecule is Cc1cccc2c1nc(SCC(=O)O)n2-c1ccsc1. The average molecular weight is 304 g/mol. The Bertz CT molecular complexity index is 763. The van der Waals surface area contributed by atoms with Crippen LogP contribution in [0.15, 0.2) is 40.2 Å². The fourth-order valence-electron chi connectivity index (χ4n) is 2.08. The van der Waals surface area contributed by atoms with Crippen molar-refractivity contribution in [3.8, 4) is 5.69 Å². The van der Waals surface area contributed by atoms with Gasteiger partial charge in [-0.3, -0.25) is 9.36 Å². The van der Waals surface area contributed by atoms with Crippen LogP contribution in [0.25, 0.3) is 16.7 Å². The summed E-state index contributed by atoms with van der Waals surface area (Å²) < 4.78 is 2.02. The lowest BCUT2D eigenvalue weighted by molar-refractivity contribution is -0.133. The molecule has 0 unspecified atom stereocenters. The molecule has 2 heterocycles. The monoisotopic (exact) mass is 304 g/mol. The first-order valence-corrected chi connectivity index (χ1v) is 7.95. The Hall–Kier alpha value is -1.79. The summed E-state index contributed by atoms with van der Waals surface area (Å²) in [5, 5.41) is 13.6. The van der Waals surface area contributed by atoms with Gasteiger partial charge in [0.15, 0.2) is 5.16 Å². The van der Waals surface area contributed by atoms with Gasteiger partial charge in [-0.2, -0.15) is 11.3 Å². The number of carboxylic acids is 1. The number of aryl methyl sites for hydroxylation is 1. The summed E-state index contributed by atoms with van der Waals surface area (Å²) in [6, 6.07) is 8.03. The van der Waals surface area contributed by atoms with E-state index in [1.54, 1.807) is 11.3 Å². The minimum absolute atomic E-state index is 0.00646. The van der Waals surface area contributed by atoms with E-state index in [1.807, 2.05) is 46.5 Å². The van der Waals surface area contributed by atoms with E-state index in [0.29, 0.717) is 0 Å². The standard InChI is InChI=1S/C14H12N2O2S2/c1-9-3-2-4-11-13(9)15-14(20-8-12(17)18)16(11)10-5-6-19-7-10/h2-7H,8H2,1H3,(H,17,18). The van der Waals surface area contributed by atoms with Gasteiger partial charge >= 0.3 is 5.97 Å². The molecular formula is C14H12N2O2S2. The normalized spacial score (nSPS) is 11.1. The number of imidazole rings is 1. The molecule has 6 heteroatoms. The topological polar surface area (TPSA) is 55.1 Å². The molecule has 0 amide bonds. The highest BCUT2D eigenvalue weighted by atomic mass is 32.2. The largest absolute Gasteiger partial charge is 0.481 e. The van der Waals surface area contributed by atoms with E-state index in [1.165, 1.54) is 11.8 Å². The van der Waals surface area contributed by atoms with Gasteiger partial charge in [-0.1, -0.05) is 23.9 Å². The van der Waals surface area contributed by atoms with Crippen molar-refractivity contribution in [3.63, 3.8) is 0 Å². The molecule has 0 radical (unpaired) electrons. The second-order valence-corrected chi connectivity index (χ2v) is 6.06. The van der Waals surface area contributed by atoms with Gasteiger partial charge in [0.05, 0.1) is 22.5 Å². The number of carboxylic acid groups (broad SMARTS) is 1. The lowest BCUT2D eigenvalue weighted by Gasteiger charge is -2.05. The van der Waals surface area contributed by atoms with Gasteiger partial charge in [-0.05, 0) is 30.0 Å². The molecule has 3 rings (SSSR count). The van der Waals surface area contributed by atoms with Crippen LogP contribution in [-0.2, 0) is 4.79 Å². The number of rotatable bonds is 4. The number of thioether (sulfide) groups is 1. The zero-order chi connectivity index (χ0) is 14.1. The number of benzene rings is 1. The van der Waals surface area contributed by atoms with Crippen LogP contribution in [0.1, 0.15) is 5.56 Å². The maximum absolute atomic E-state index is 10.8. The van der Waals surface area contributed by atoms with Crippen molar-refractivity contribution in [2.45, 2.75) is 12.1 Å². The fourth-order valence-corrected chi connectivity index (χ4v) is 3.44. The highest BCUT2D eigenvalue weighted by Gasteiger charge is 2.15. The van der Waals surface area contributed by atoms with E-state index < -0.39 is 5.97 Å². The third-order valence-corrected chi connectivity index (χ3v) is 4.54. The van der Waals surface area contributed by atoms with Crippen LogP contribution in [0.4, 0.5) is 0 Å². The lowest BCUT2D eigenvalue weighted by Crippen LogP contribution is -2.01. The molecule has 0 saturated carbocycles. The van der Waals surface area contributed by atoms with Crippen LogP contribution in [0, 0.1) is 6.92 Å². The smallest absolute Gasteiger partial charge is 0.313 e. The maximum atomic E-state index is 10.8. The van der Waals surface area contributed by atoms with Gasteiger partial charge in [0.2, 0.25) is 0 Å². The molecule has 0 fully saturated rings. The Morgan fingerprint density at radius 3 is 3.00 bits per heavy atom. The summed E-state index contributed by atoms with van der Waals surface area (Å²) in [4.78, 5) is 15.4. The molecule has 3 aromatic rings. The third kappa shape index (κ3) is 2.32. The molecule has 0 aliphatic rings. The predicted molar refractivity (Wildman–Crippen MR) is 82.0 cm³/mol. The van der Waals surface area contributed by atoms with E-state index in [4.69, 9.17) is 5.11 Å². The Labute approximate surface area is 124 Å². The van der Waals surface area contributed by atoms with Gasteiger partial charge in [0, 0.05) is 5.38 Å². The molecule has 0 aliphatic heterocycles. The highest BCUT2D eigenvalue weighted by Crippen LogP contribution is 2.30. The van der Waals surface area contributed by atoms with Crippen LogP contribution in [0.3, 0.4) is 0 Å². The predicted octanol–water partition coefficient (Wildman–Crippen LogP) is 3.57. The number of fused-ring (bicyclic) bond motifs is 1. The van der Waals surface area contributed by atoms with Crippen LogP contribution < -0.4 is 0 Å². The van der Waals surface area contributed by atoms with Crippen molar-refractivity contribution >= 4 is 40.1 Å². The van der Waals surface area contributed by atoms with Gasteiger partial charge in [-0.25, -0.2) is 4.98 Å². The first-order chi connectivity index (χ1) is 9.66. The molecule has 0 spiro atoms. The number of hydrogen-bond donors (Lipinski definition) is 1. The Morgan fingerprint density at radius 2 is 2.30 bits per heavy atom. The third-order valence-electron chi connectivity index (χ3n) is 2.95. The average Bonchev–Trinajstić information content (AvgIpc) is 3.03. The molecule has 1 aromatic carbocycles. The molecule has 20 heavy (non-hydrogen) atoms. The molecule has 0 saturated heterocycles. The molecule has 4 nitrogen and oxygen atoms in total. The van der Waals surface area contributed by atoms with Crippen molar-refractivity contribution in [2.24, 2.45) is 0 Å².